The third-order valence-electron chi connectivity index (χ3n) is 8.21. The summed E-state index contributed by atoms with van der Waals surface area (Å²) in [6, 6.07) is 9.37. The Kier molecular flexibility index (Phi) is 8.33. The van der Waals surface area contributed by atoms with Crippen molar-refractivity contribution in [3.63, 3.8) is 0 Å². The SMILES string of the molecule is CC(=O)N1CCN(c2nc(OCCC(=O)N(C)C)nc3c(F)c([C@@H]4c5ccccc5C[C@H](O)[C@@H]4C)c(Cl)cc23)CC1. The van der Waals surface area contributed by atoms with Crippen molar-refractivity contribution < 1.29 is 23.8 Å². The van der Waals surface area contributed by atoms with E-state index in [9.17, 15) is 14.7 Å². The molecule has 1 aromatic heterocycles. The molecule has 41 heavy (non-hydrogen) atoms. The van der Waals surface area contributed by atoms with E-state index in [1.54, 1.807) is 25.1 Å². The van der Waals surface area contributed by atoms with Gasteiger partial charge in [0.05, 0.1) is 12.5 Å². The normalized spacial score (nSPS) is 20.6. The molecule has 2 aromatic carbocycles. The van der Waals surface area contributed by atoms with Crippen molar-refractivity contribution in [3.05, 3.63) is 57.9 Å². The third-order valence-corrected chi connectivity index (χ3v) is 8.52. The van der Waals surface area contributed by atoms with Crippen LogP contribution in [0.2, 0.25) is 5.02 Å². The molecule has 1 fully saturated rings. The summed E-state index contributed by atoms with van der Waals surface area (Å²) in [5.41, 5.74) is 2.22. The standard InChI is InChI=1S/C30H35ClFN5O4/c1-17-23(39)15-19-7-5-6-8-20(19)25(17)26-22(31)16-21-28(27(26)32)33-30(41-14-9-24(40)35(3)4)34-29(21)37-12-10-36(11-13-37)18(2)38/h5-8,16-17,23,25,39H,9-15H2,1-4H3/t17-,23-,25-/m0/s1. The molecule has 0 unspecified atom stereocenters. The molecule has 218 valence electrons. The number of amides is 2. The first-order chi connectivity index (χ1) is 19.6. The Balaban J connectivity index is 1.61. The van der Waals surface area contributed by atoms with E-state index in [-0.39, 0.29) is 52.9 Å². The van der Waals surface area contributed by atoms with E-state index in [0.717, 1.165) is 11.1 Å². The van der Waals surface area contributed by atoms with Gasteiger partial charge in [-0.3, -0.25) is 9.59 Å². The number of piperazine rings is 1. The van der Waals surface area contributed by atoms with Gasteiger partial charge in [0.25, 0.3) is 0 Å². The summed E-state index contributed by atoms with van der Waals surface area (Å²) in [4.78, 5) is 38.3. The Bertz CT molecular complexity index is 1480. The number of aliphatic hydroxyl groups is 1. The molecule has 3 aromatic rings. The summed E-state index contributed by atoms with van der Waals surface area (Å²) in [6.45, 7) is 5.44. The van der Waals surface area contributed by atoms with Gasteiger partial charge >= 0.3 is 6.01 Å². The zero-order valence-corrected chi connectivity index (χ0v) is 24.5. The first kappa shape index (κ1) is 29.0. The minimum Gasteiger partial charge on any atom is -0.463 e. The maximum atomic E-state index is 16.7. The third kappa shape index (κ3) is 5.67. The topological polar surface area (TPSA) is 99.1 Å². The number of nitrogens with zero attached hydrogens (tertiary/aromatic N) is 5. The van der Waals surface area contributed by atoms with Gasteiger partial charge in [-0.2, -0.15) is 9.97 Å². The second kappa shape index (κ2) is 11.8. The summed E-state index contributed by atoms with van der Waals surface area (Å²) in [7, 11) is 3.32. The van der Waals surface area contributed by atoms with Gasteiger partial charge in [-0.05, 0) is 29.5 Å². The Morgan fingerprint density at radius 3 is 2.56 bits per heavy atom. The number of carbonyl (C=O) groups is 2. The number of ether oxygens (including phenoxy) is 1. The molecular formula is C30H35ClFN5O4. The zero-order valence-electron chi connectivity index (χ0n) is 23.7. The van der Waals surface area contributed by atoms with E-state index in [1.165, 1.54) is 11.8 Å². The molecule has 0 saturated carbocycles. The zero-order chi connectivity index (χ0) is 29.4. The quantitative estimate of drug-likeness (QED) is 0.473. The minimum absolute atomic E-state index is 0.00502. The van der Waals surface area contributed by atoms with Crippen molar-refractivity contribution in [1.82, 2.24) is 19.8 Å². The fourth-order valence-electron chi connectivity index (χ4n) is 5.81. The van der Waals surface area contributed by atoms with Crippen LogP contribution in [0.3, 0.4) is 0 Å². The molecule has 2 aliphatic rings. The highest BCUT2D eigenvalue weighted by atomic mass is 35.5. The van der Waals surface area contributed by atoms with Crippen LogP contribution >= 0.6 is 11.6 Å². The van der Waals surface area contributed by atoms with Gasteiger partial charge in [0, 0.05) is 69.1 Å². The highest BCUT2D eigenvalue weighted by Crippen LogP contribution is 2.46. The van der Waals surface area contributed by atoms with Crippen LogP contribution in [0.4, 0.5) is 10.2 Å². The smallest absolute Gasteiger partial charge is 0.319 e. The van der Waals surface area contributed by atoms with Crippen LogP contribution in [0.25, 0.3) is 10.9 Å². The van der Waals surface area contributed by atoms with Crippen LogP contribution in [-0.2, 0) is 16.0 Å². The van der Waals surface area contributed by atoms with Crippen LogP contribution in [0.5, 0.6) is 6.01 Å². The molecule has 1 N–H and O–H groups in total. The maximum Gasteiger partial charge on any atom is 0.319 e. The summed E-state index contributed by atoms with van der Waals surface area (Å²) in [6.07, 6.45) is -0.0558. The molecule has 2 heterocycles. The van der Waals surface area contributed by atoms with Gasteiger partial charge < -0.3 is 24.5 Å². The van der Waals surface area contributed by atoms with Gasteiger partial charge in [-0.25, -0.2) is 4.39 Å². The Hall–Kier alpha value is -3.50. The summed E-state index contributed by atoms with van der Waals surface area (Å²) < 4.78 is 22.5. The molecule has 2 amide bonds. The Morgan fingerprint density at radius 2 is 1.88 bits per heavy atom. The largest absolute Gasteiger partial charge is 0.463 e. The lowest BCUT2D eigenvalue weighted by Crippen LogP contribution is -2.48. The number of carbonyl (C=O) groups excluding carboxylic acids is 2. The van der Waals surface area contributed by atoms with Crippen LogP contribution < -0.4 is 9.64 Å². The van der Waals surface area contributed by atoms with Crippen molar-refractivity contribution in [3.8, 4) is 6.01 Å². The van der Waals surface area contributed by atoms with E-state index in [0.29, 0.717) is 43.8 Å². The predicted octanol–water partition coefficient (Wildman–Crippen LogP) is 3.63. The van der Waals surface area contributed by atoms with Crippen molar-refractivity contribution in [2.24, 2.45) is 5.92 Å². The number of aliphatic hydroxyl groups excluding tert-OH is 1. The molecule has 1 saturated heterocycles. The molecule has 1 aliphatic carbocycles. The average molecular weight is 584 g/mol. The molecular weight excluding hydrogens is 549 g/mol. The molecule has 5 rings (SSSR count). The van der Waals surface area contributed by atoms with Crippen molar-refractivity contribution in [1.29, 1.82) is 0 Å². The number of benzene rings is 2. The second-order valence-electron chi connectivity index (χ2n) is 11.0. The Labute approximate surface area is 243 Å². The summed E-state index contributed by atoms with van der Waals surface area (Å²) in [5, 5.41) is 11.5. The van der Waals surface area contributed by atoms with Gasteiger partial charge in [-0.15, -0.1) is 0 Å². The van der Waals surface area contributed by atoms with Gasteiger partial charge in [0.15, 0.2) is 5.82 Å². The average Bonchev–Trinajstić information content (AvgIpc) is 2.95. The number of fused-ring (bicyclic) bond motifs is 2. The van der Waals surface area contributed by atoms with Crippen LogP contribution in [0, 0.1) is 11.7 Å². The van der Waals surface area contributed by atoms with Gasteiger partial charge in [-0.1, -0.05) is 42.8 Å². The lowest BCUT2D eigenvalue weighted by Gasteiger charge is -2.37. The van der Waals surface area contributed by atoms with E-state index >= 15 is 4.39 Å². The molecule has 0 radical (unpaired) electrons. The van der Waals surface area contributed by atoms with E-state index in [1.807, 2.05) is 36.1 Å². The maximum absolute atomic E-state index is 16.7. The second-order valence-corrected chi connectivity index (χ2v) is 11.4. The summed E-state index contributed by atoms with van der Waals surface area (Å²) in [5.74, 6) is -1.02. The van der Waals surface area contributed by atoms with Gasteiger partial charge in [0.1, 0.15) is 17.9 Å². The van der Waals surface area contributed by atoms with Crippen molar-refractivity contribution in [2.45, 2.75) is 38.7 Å². The Morgan fingerprint density at radius 1 is 1.17 bits per heavy atom. The fourth-order valence-corrected chi connectivity index (χ4v) is 6.12. The molecule has 9 nitrogen and oxygen atoms in total. The van der Waals surface area contributed by atoms with Gasteiger partial charge in [0.2, 0.25) is 11.8 Å². The molecule has 3 atom stereocenters. The number of anilines is 1. The van der Waals surface area contributed by atoms with Crippen molar-refractivity contribution >= 4 is 40.1 Å². The number of hydrogen-bond acceptors (Lipinski definition) is 7. The predicted molar refractivity (Wildman–Crippen MR) is 155 cm³/mol. The molecule has 0 bridgehead atoms. The number of hydrogen-bond donors (Lipinski definition) is 1. The fraction of sp³-hybridized carbons (Fsp3) is 0.467. The lowest BCUT2D eigenvalue weighted by atomic mass is 9.71. The highest BCUT2D eigenvalue weighted by molar-refractivity contribution is 6.32. The number of aromatic nitrogens is 2. The molecule has 11 heteroatoms. The highest BCUT2D eigenvalue weighted by Gasteiger charge is 2.37. The van der Waals surface area contributed by atoms with E-state index in [4.69, 9.17) is 16.3 Å². The van der Waals surface area contributed by atoms with E-state index in [2.05, 4.69) is 9.97 Å². The van der Waals surface area contributed by atoms with Crippen LogP contribution in [-0.4, -0.2) is 89.7 Å². The molecule has 0 spiro atoms. The number of rotatable bonds is 6. The lowest BCUT2D eigenvalue weighted by molar-refractivity contribution is -0.130. The van der Waals surface area contributed by atoms with Crippen molar-refractivity contribution in [2.75, 3.05) is 51.8 Å². The van der Waals surface area contributed by atoms with Crippen LogP contribution in [0.1, 0.15) is 42.9 Å². The first-order valence-corrected chi connectivity index (χ1v) is 14.2. The first-order valence-electron chi connectivity index (χ1n) is 13.9. The molecule has 1 aliphatic heterocycles. The number of halogens is 2. The summed E-state index contributed by atoms with van der Waals surface area (Å²) >= 11 is 6.86. The van der Waals surface area contributed by atoms with Crippen LogP contribution in [0.15, 0.2) is 30.3 Å². The monoisotopic (exact) mass is 583 g/mol. The van der Waals surface area contributed by atoms with E-state index < -0.39 is 17.8 Å². The minimum atomic E-state index is -0.660.